The Balaban J connectivity index is 1.37. The van der Waals surface area contributed by atoms with E-state index in [9.17, 15) is 4.79 Å². The van der Waals surface area contributed by atoms with Crippen molar-refractivity contribution in [1.29, 1.82) is 0 Å². The molecular formula is C23H27N3O2. The number of hydrogen-bond acceptors (Lipinski definition) is 3. The summed E-state index contributed by atoms with van der Waals surface area (Å²) in [5, 5.41) is 4.34. The van der Waals surface area contributed by atoms with E-state index in [4.69, 9.17) is 4.74 Å². The molecule has 2 aromatic carbocycles. The second-order valence-electron chi connectivity index (χ2n) is 7.73. The van der Waals surface area contributed by atoms with Crippen molar-refractivity contribution in [2.75, 3.05) is 13.7 Å². The van der Waals surface area contributed by atoms with Gasteiger partial charge < -0.3 is 14.6 Å². The van der Waals surface area contributed by atoms with Crippen LogP contribution in [-0.2, 0) is 31.4 Å². The number of aromatic nitrogens is 1. The Morgan fingerprint density at radius 2 is 1.89 bits per heavy atom. The standard InChI is InChI=1S/C23H27N3O2/c1-16(10-19-12-25(2)22-9-8-20(28-3)11-21(19)22)24-23(27)15-26-13-17-6-4-5-7-18(17)14-26/h4-9,11-12,16H,10,13-15H2,1-3H3,(H,24,27). The molecule has 0 saturated heterocycles. The summed E-state index contributed by atoms with van der Waals surface area (Å²) >= 11 is 0. The van der Waals surface area contributed by atoms with E-state index in [-0.39, 0.29) is 11.9 Å². The molecule has 0 radical (unpaired) electrons. The zero-order chi connectivity index (χ0) is 19.7. The summed E-state index contributed by atoms with van der Waals surface area (Å²) in [6.45, 7) is 4.19. The lowest BCUT2D eigenvalue weighted by Crippen LogP contribution is -2.40. The molecule has 1 aromatic heterocycles. The number of amides is 1. The van der Waals surface area contributed by atoms with E-state index in [1.165, 1.54) is 27.6 Å². The minimum absolute atomic E-state index is 0.0641. The van der Waals surface area contributed by atoms with Gasteiger partial charge in [0.15, 0.2) is 0 Å². The summed E-state index contributed by atoms with van der Waals surface area (Å²) in [6, 6.07) is 14.6. The van der Waals surface area contributed by atoms with E-state index in [1.54, 1.807) is 7.11 Å². The predicted molar refractivity (Wildman–Crippen MR) is 111 cm³/mol. The highest BCUT2D eigenvalue weighted by Gasteiger charge is 2.21. The van der Waals surface area contributed by atoms with Crippen molar-refractivity contribution in [2.24, 2.45) is 7.05 Å². The highest BCUT2D eigenvalue weighted by molar-refractivity contribution is 5.85. The molecule has 5 heteroatoms. The maximum absolute atomic E-state index is 12.5. The number of carbonyl (C=O) groups excluding carboxylic acids is 1. The third-order valence-corrected chi connectivity index (χ3v) is 5.49. The molecule has 1 atom stereocenters. The van der Waals surface area contributed by atoms with Gasteiger partial charge >= 0.3 is 0 Å². The minimum atomic E-state index is 0.0641. The average molecular weight is 377 g/mol. The molecule has 0 bridgehead atoms. The highest BCUT2D eigenvalue weighted by Crippen LogP contribution is 2.26. The van der Waals surface area contributed by atoms with Crippen LogP contribution in [0.1, 0.15) is 23.6 Å². The van der Waals surface area contributed by atoms with Crippen LogP contribution in [0.25, 0.3) is 10.9 Å². The topological polar surface area (TPSA) is 46.5 Å². The fourth-order valence-corrected chi connectivity index (χ4v) is 4.16. The van der Waals surface area contributed by atoms with E-state index in [0.717, 1.165) is 25.3 Å². The zero-order valence-electron chi connectivity index (χ0n) is 16.7. The summed E-state index contributed by atoms with van der Waals surface area (Å²) in [5.41, 5.74) is 5.04. The number of methoxy groups -OCH3 is 1. The van der Waals surface area contributed by atoms with Gasteiger partial charge in [-0.1, -0.05) is 24.3 Å². The van der Waals surface area contributed by atoms with Crippen molar-refractivity contribution in [3.63, 3.8) is 0 Å². The normalized spacial score (nSPS) is 14.8. The molecule has 146 valence electrons. The van der Waals surface area contributed by atoms with Crippen molar-refractivity contribution in [3.8, 4) is 5.75 Å². The number of rotatable bonds is 6. The first-order chi connectivity index (χ1) is 13.5. The average Bonchev–Trinajstić information content (AvgIpc) is 3.21. The molecule has 3 aromatic rings. The number of fused-ring (bicyclic) bond motifs is 2. The lowest BCUT2D eigenvalue weighted by molar-refractivity contribution is -0.122. The minimum Gasteiger partial charge on any atom is -0.497 e. The van der Waals surface area contributed by atoms with Crippen LogP contribution < -0.4 is 10.1 Å². The molecule has 1 unspecified atom stereocenters. The van der Waals surface area contributed by atoms with Gasteiger partial charge in [0.05, 0.1) is 13.7 Å². The molecule has 5 nitrogen and oxygen atoms in total. The Hall–Kier alpha value is -2.79. The molecule has 1 amide bonds. The largest absolute Gasteiger partial charge is 0.497 e. The van der Waals surface area contributed by atoms with Crippen molar-refractivity contribution in [3.05, 3.63) is 65.4 Å². The first kappa shape index (κ1) is 18.6. The van der Waals surface area contributed by atoms with Gasteiger partial charge in [-0.3, -0.25) is 9.69 Å². The number of ether oxygens (including phenoxy) is 1. The van der Waals surface area contributed by atoms with Gasteiger partial charge in [0.25, 0.3) is 0 Å². The molecule has 2 heterocycles. The van der Waals surface area contributed by atoms with Crippen LogP contribution in [0.15, 0.2) is 48.7 Å². The van der Waals surface area contributed by atoms with Crippen molar-refractivity contribution in [1.82, 2.24) is 14.8 Å². The molecule has 4 rings (SSSR count). The number of aryl methyl sites for hydroxylation is 1. The first-order valence-corrected chi connectivity index (χ1v) is 9.74. The summed E-state index contributed by atoms with van der Waals surface area (Å²) in [7, 11) is 3.73. The summed E-state index contributed by atoms with van der Waals surface area (Å²) in [4.78, 5) is 14.7. The van der Waals surface area contributed by atoms with Crippen LogP contribution in [0.5, 0.6) is 5.75 Å². The zero-order valence-corrected chi connectivity index (χ0v) is 16.7. The van der Waals surface area contributed by atoms with E-state index in [1.807, 2.05) is 13.1 Å². The maximum Gasteiger partial charge on any atom is 0.234 e. The van der Waals surface area contributed by atoms with Gasteiger partial charge in [0.1, 0.15) is 5.75 Å². The second kappa shape index (κ2) is 7.68. The van der Waals surface area contributed by atoms with Gasteiger partial charge in [-0.2, -0.15) is 0 Å². The highest BCUT2D eigenvalue weighted by atomic mass is 16.5. The molecule has 0 aliphatic carbocycles. The van der Waals surface area contributed by atoms with Gasteiger partial charge in [0.2, 0.25) is 5.91 Å². The van der Waals surface area contributed by atoms with E-state index < -0.39 is 0 Å². The van der Waals surface area contributed by atoms with Crippen molar-refractivity contribution >= 4 is 16.8 Å². The van der Waals surface area contributed by atoms with Crippen LogP contribution in [0.2, 0.25) is 0 Å². The second-order valence-corrected chi connectivity index (χ2v) is 7.73. The Labute approximate surface area is 165 Å². The monoisotopic (exact) mass is 377 g/mol. The van der Waals surface area contributed by atoms with Crippen LogP contribution in [0.3, 0.4) is 0 Å². The number of nitrogens with one attached hydrogen (secondary N) is 1. The van der Waals surface area contributed by atoms with Crippen LogP contribution in [0, 0.1) is 0 Å². The van der Waals surface area contributed by atoms with Crippen LogP contribution >= 0.6 is 0 Å². The van der Waals surface area contributed by atoms with Gasteiger partial charge in [-0.25, -0.2) is 0 Å². The summed E-state index contributed by atoms with van der Waals surface area (Å²) in [6.07, 6.45) is 2.93. The number of hydrogen-bond donors (Lipinski definition) is 1. The summed E-state index contributed by atoms with van der Waals surface area (Å²) in [5.74, 6) is 0.934. The molecule has 28 heavy (non-hydrogen) atoms. The smallest absolute Gasteiger partial charge is 0.234 e. The molecule has 1 aliphatic rings. The Morgan fingerprint density at radius 3 is 2.57 bits per heavy atom. The van der Waals surface area contributed by atoms with Crippen LogP contribution in [0.4, 0.5) is 0 Å². The van der Waals surface area contributed by atoms with E-state index in [2.05, 4.69) is 64.3 Å². The number of nitrogens with zero attached hydrogens (tertiary/aromatic N) is 2. The predicted octanol–water partition coefficient (Wildman–Crippen LogP) is 3.25. The third kappa shape index (κ3) is 3.76. The number of carbonyl (C=O) groups is 1. The van der Waals surface area contributed by atoms with Crippen LogP contribution in [-0.4, -0.2) is 35.1 Å². The quantitative estimate of drug-likeness (QED) is 0.717. The fraction of sp³-hybridized carbons (Fsp3) is 0.348. The Morgan fingerprint density at radius 1 is 1.18 bits per heavy atom. The molecule has 0 saturated carbocycles. The van der Waals surface area contributed by atoms with E-state index >= 15 is 0 Å². The molecule has 1 N–H and O–H groups in total. The molecular weight excluding hydrogens is 350 g/mol. The maximum atomic E-state index is 12.5. The lowest BCUT2D eigenvalue weighted by atomic mass is 10.1. The van der Waals surface area contributed by atoms with E-state index in [0.29, 0.717) is 6.54 Å². The lowest BCUT2D eigenvalue weighted by Gasteiger charge is -2.18. The molecule has 1 aliphatic heterocycles. The van der Waals surface area contributed by atoms with Gasteiger partial charge in [-0.05, 0) is 48.2 Å². The van der Waals surface area contributed by atoms with Gasteiger partial charge in [0, 0.05) is 43.3 Å². The van der Waals surface area contributed by atoms with Crippen molar-refractivity contribution in [2.45, 2.75) is 32.5 Å². The molecule has 0 spiro atoms. The summed E-state index contributed by atoms with van der Waals surface area (Å²) < 4.78 is 7.50. The Kier molecular flexibility index (Phi) is 5.09. The van der Waals surface area contributed by atoms with Crippen molar-refractivity contribution < 1.29 is 9.53 Å². The first-order valence-electron chi connectivity index (χ1n) is 9.74. The SMILES string of the molecule is COc1ccc2c(c1)c(CC(C)NC(=O)CN1Cc3ccccc3C1)cn2C. The van der Waals surface area contributed by atoms with Gasteiger partial charge in [-0.15, -0.1) is 0 Å². The number of benzene rings is 2. The third-order valence-electron chi connectivity index (χ3n) is 5.49. The molecule has 0 fully saturated rings. The fourth-order valence-electron chi connectivity index (χ4n) is 4.16. The Bertz CT molecular complexity index is 983.